The summed E-state index contributed by atoms with van der Waals surface area (Å²) in [4.78, 5) is 25.6. The summed E-state index contributed by atoms with van der Waals surface area (Å²) >= 11 is 0. The van der Waals surface area contributed by atoms with Crippen LogP contribution in [-0.2, 0) is 20.3 Å². The molecule has 1 saturated heterocycles. The lowest BCUT2D eigenvalue weighted by molar-refractivity contribution is -0.385. The predicted molar refractivity (Wildman–Crippen MR) is 98.7 cm³/mol. The highest BCUT2D eigenvalue weighted by Gasteiger charge is 2.45. The van der Waals surface area contributed by atoms with Crippen molar-refractivity contribution in [1.29, 1.82) is 0 Å². The summed E-state index contributed by atoms with van der Waals surface area (Å²) in [6, 6.07) is 0.918. The van der Waals surface area contributed by atoms with Crippen LogP contribution in [-0.4, -0.2) is 48.0 Å². The Morgan fingerprint density at radius 2 is 2.07 bits per heavy atom. The molecular formula is C16H20F2N4O6S. The number of aliphatic imine (C=N–C) groups is 1. The molecule has 1 fully saturated rings. The van der Waals surface area contributed by atoms with Crippen molar-refractivity contribution in [1.82, 2.24) is 9.62 Å². The number of guanidine groups is 1. The van der Waals surface area contributed by atoms with Gasteiger partial charge in [0.2, 0.25) is 16.0 Å². The van der Waals surface area contributed by atoms with Crippen LogP contribution in [0.4, 0.5) is 19.3 Å². The zero-order valence-electron chi connectivity index (χ0n) is 18.8. The molecule has 1 aliphatic rings. The third-order valence-corrected chi connectivity index (χ3v) is 5.41. The molecule has 0 unspecified atom stereocenters. The molecule has 1 amide bonds. The van der Waals surface area contributed by atoms with Gasteiger partial charge in [0, 0.05) is 22.7 Å². The normalized spacial score (nSPS) is 24.8. The second-order valence-corrected chi connectivity index (χ2v) is 9.26. The zero-order valence-corrected chi connectivity index (χ0v) is 16.6. The van der Waals surface area contributed by atoms with Crippen LogP contribution in [0.3, 0.4) is 0 Å². The van der Waals surface area contributed by atoms with E-state index in [1.54, 1.807) is 0 Å². The van der Waals surface area contributed by atoms with E-state index < -0.39 is 73.8 Å². The Morgan fingerprint density at radius 3 is 2.59 bits per heavy atom. The maximum atomic E-state index is 14.6. The van der Waals surface area contributed by atoms with Crippen LogP contribution in [0.1, 0.15) is 37.4 Å². The lowest BCUT2D eigenvalue weighted by Gasteiger charge is -2.40. The number of sulfonamides is 1. The highest BCUT2D eigenvalue weighted by Crippen LogP contribution is 2.33. The van der Waals surface area contributed by atoms with Crippen molar-refractivity contribution in [3.05, 3.63) is 39.4 Å². The van der Waals surface area contributed by atoms with Crippen LogP contribution in [0.2, 0.25) is 0 Å². The van der Waals surface area contributed by atoms with E-state index in [0.29, 0.717) is 12.1 Å². The van der Waals surface area contributed by atoms with E-state index >= 15 is 0 Å². The number of rotatable bonds is 2. The Bertz CT molecular complexity index is 1100. The molecule has 1 heterocycles. The van der Waals surface area contributed by atoms with Gasteiger partial charge in [-0.2, -0.15) is 0 Å². The Kier molecular flexibility index (Phi) is 4.53. The Hall–Kier alpha value is -2.83. The molecule has 13 heteroatoms. The van der Waals surface area contributed by atoms with Crippen molar-refractivity contribution in [3.8, 4) is 0 Å². The summed E-state index contributed by atoms with van der Waals surface area (Å²) in [6.45, 7) is 2.11. The second kappa shape index (κ2) is 7.21. The summed E-state index contributed by atoms with van der Waals surface area (Å²) in [5.74, 6) is -5.42. The molecule has 0 aromatic heterocycles. The first kappa shape index (κ1) is 18.2. The third-order valence-electron chi connectivity index (χ3n) is 3.74. The minimum absolute atomic E-state index is 0.155. The van der Waals surface area contributed by atoms with Crippen LogP contribution in [0, 0.1) is 21.7 Å². The molecule has 0 radical (unpaired) electrons. The van der Waals surface area contributed by atoms with E-state index in [9.17, 15) is 32.1 Å². The number of halogens is 2. The third kappa shape index (κ3) is 4.78. The van der Waals surface area contributed by atoms with Crippen LogP contribution >= 0.6 is 0 Å². The number of benzene rings is 1. The van der Waals surface area contributed by atoms with Crippen molar-refractivity contribution in [2.24, 2.45) is 4.99 Å². The number of ether oxygens (including phenoxy) is 1. The van der Waals surface area contributed by atoms with Gasteiger partial charge in [0.15, 0.2) is 11.6 Å². The first-order valence-electron chi connectivity index (χ1n) is 9.54. The number of nitro groups is 1. The zero-order chi connectivity index (χ0) is 24.9. The molecule has 1 atom stereocenters. The molecule has 29 heavy (non-hydrogen) atoms. The maximum Gasteiger partial charge on any atom is 0.437 e. The number of hydrogen-bond acceptors (Lipinski definition) is 6. The average Bonchev–Trinajstić information content (AvgIpc) is 2.51. The topological polar surface area (TPSA) is 131 Å². The fourth-order valence-corrected chi connectivity index (χ4v) is 4.00. The summed E-state index contributed by atoms with van der Waals surface area (Å²) in [7, 11) is -4.83. The van der Waals surface area contributed by atoms with Gasteiger partial charge in [0.1, 0.15) is 5.60 Å². The first-order chi connectivity index (χ1) is 14.3. The number of nitrogens with one attached hydrogen (secondary N) is 1. The molecule has 0 saturated carbocycles. The van der Waals surface area contributed by atoms with Crippen molar-refractivity contribution in [3.63, 3.8) is 0 Å². The number of carbonyl (C=O) groups excluding carboxylic acids is 1. The van der Waals surface area contributed by atoms with E-state index in [4.69, 9.17) is 8.85 Å². The molecular weight excluding hydrogens is 414 g/mol. The number of non-ortho nitro benzene ring substituents is 1. The van der Waals surface area contributed by atoms with E-state index in [0.717, 1.165) is 6.92 Å². The summed E-state index contributed by atoms with van der Waals surface area (Å²) in [6.07, 6.45) is -1.36. The van der Waals surface area contributed by atoms with Crippen molar-refractivity contribution >= 4 is 27.8 Å². The number of nitrogens with zero attached hydrogens (tertiary/aromatic N) is 3. The molecule has 0 spiro atoms. The van der Waals surface area contributed by atoms with Gasteiger partial charge in [0.25, 0.3) is 5.69 Å². The quantitative estimate of drug-likeness (QED) is 0.554. The molecule has 1 aromatic rings. The summed E-state index contributed by atoms with van der Waals surface area (Å²) < 4.78 is 81.7. The molecule has 1 N–H and O–H groups in total. The van der Waals surface area contributed by atoms with Crippen LogP contribution in [0.15, 0.2) is 17.1 Å². The van der Waals surface area contributed by atoms with Crippen molar-refractivity contribution < 1.29 is 35.8 Å². The standard InChI is InChI=1S/C16H20F2N4O6S/c1-15(2,3)28-14(23)19-13-20-16(4,8-29(26,27)21(13)5)10-6-9(22(24)25)7-11(17)12(10)18/h6-7H,8H2,1-5H3,(H,19,20,23)/t16-/m0/s1/i5D3. The van der Waals surface area contributed by atoms with Crippen molar-refractivity contribution in [2.45, 2.75) is 38.8 Å². The highest BCUT2D eigenvalue weighted by atomic mass is 32.2. The monoisotopic (exact) mass is 437 g/mol. The van der Waals surface area contributed by atoms with Gasteiger partial charge in [-0.25, -0.2) is 26.3 Å². The molecule has 2 rings (SSSR count). The van der Waals surface area contributed by atoms with Crippen LogP contribution in [0.5, 0.6) is 0 Å². The second-order valence-electron chi connectivity index (χ2n) is 7.44. The number of carbonyl (C=O) groups is 1. The SMILES string of the molecule is [2H]C([2H])([2H])N1/C(=N/C(=O)OC(C)(C)C)N[C@](C)(c2cc([N+](=O)[O-])cc(F)c2F)CS1(=O)=O. The van der Waals surface area contributed by atoms with Gasteiger partial charge >= 0.3 is 6.09 Å². The van der Waals surface area contributed by atoms with E-state index in [1.165, 1.54) is 20.8 Å². The molecule has 1 aliphatic heterocycles. The lowest BCUT2D eigenvalue weighted by atomic mass is 9.92. The van der Waals surface area contributed by atoms with Gasteiger partial charge in [-0.1, -0.05) is 0 Å². The van der Waals surface area contributed by atoms with Crippen molar-refractivity contribution in [2.75, 3.05) is 12.7 Å². The number of nitro benzene ring substituents is 1. The smallest absolute Gasteiger partial charge is 0.437 e. The minimum Gasteiger partial charge on any atom is -0.442 e. The molecule has 160 valence electrons. The van der Waals surface area contributed by atoms with Gasteiger partial charge in [0.05, 0.1) is 22.3 Å². The Balaban J connectivity index is 2.72. The molecule has 10 nitrogen and oxygen atoms in total. The molecule has 1 aromatic carbocycles. The average molecular weight is 437 g/mol. The van der Waals surface area contributed by atoms with Gasteiger partial charge in [-0.05, 0) is 27.7 Å². The van der Waals surface area contributed by atoms with Gasteiger partial charge < -0.3 is 10.1 Å². The minimum atomic E-state index is -4.83. The summed E-state index contributed by atoms with van der Waals surface area (Å²) in [5.41, 5.74) is -4.87. The Labute approximate surface area is 170 Å². The van der Waals surface area contributed by atoms with E-state index in [-0.39, 0.29) is 4.31 Å². The highest BCUT2D eigenvalue weighted by molar-refractivity contribution is 7.89. The van der Waals surface area contributed by atoms with Crippen LogP contribution < -0.4 is 5.32 Å². The van der Waals surface area contributed by atoms with E-state index in [1.807, 2.05) is 0 Å². The fraction of sp³-hybridized carbons (Fsp3) is 0.500. The molecule has 0 bridgehead atoms. The molecule has 0 aliphatic carbocycles. The number of hydrogen-bond donors (Lipinski definition) is 1. The fourth-order valence-electron chi connectivity index (χ4n) is 2.57. The van der Waals surface area contributed by atoms with Gasteiger partial charge in [-0.3, -0.25) is 10.1 Å². The largest absolute Gasteiger partial charge is 0.442 e. The maximum absolute atomic E-state index is 14.6. The van der Waals surface area contributed by atoms with Crippen LogP contribution in [0.25, 0.3) is 0 Å². The number of amides is 1. The Morgan fingerprint density at radius 1 is 1.45 bits per heavy atom. The predicted octanol–water partition coefficient (Wildman–Crippen LogP) is 2.24. The van der Waals surface area contributed by atoms with E-state index in [2.05, 4.69) is 10.3 Å². The lowest BCUT2D eigenvalue weighted by Crippen LogP contribution is -2.61. The first-order valence-corrected chi connectivity index (χ1v) is 9.65. The van der Waals surface area contributed by atoms with Gasteiger partial charge in [-0.15, -0.1) is 4.99 Å². The summed E-state index contributed by atoms with van der Waals surface area (Å²) in [5, 5.41) is 13.4.